The van der Waals surface area contributed by atoms with Crippen LogP contribution in [0, 0.1) is 20.8 Å². The molecule has 0 bridgehead atoms. The van der Waals surface area contributed by atoms with Crippen molar-refractivity contribution in [3.05, 3.63) is 94.5 Å². The summed E-state index contributed by atoms with van der Waals surface area (Å²) in [5, 5.41) is 10.0. The smallest absolute Gasteiger partial charge is 0.226 e. The molecular formula is C27H28N6OS2. The molecule has 1 aromatic carbocycles. The molecule has 0 radical (unpaired) electrons. The van der Waals surface area contributed by atoms with Gasteiger partial charge < -0.3 is 15.5 Å². The average Bonchev–Trinajstić information content (AvgIpc) is 3.58. The number of thiazole rings is 1. The molecular weight excluding hydrogens is 488 g/mol. The average molecular weight is 517 g/mol. The molecule has 2 N–H and O–H groups in total. The molecule has 184 valence electrons. The number of pyridine rings is 1. The number of thiocarbonyl (C=S) groups is 1. The Morgan fingerprint density at radius 3 is 2.61 bits per heavy atom. The second-order valence-electron chi connectivity index (χ2n) is 8.96. The molecule has 1 fully saturated rings. The van der Waals surface area contributed by atoms with Crippen molar-refractivity contribution >= 4 is 40.3 Å². The second kappa shape index (κ2) is 10.2. The van der Waals surface area contributed by atoms with Crippen LogP contribution in [0.1, 0.15) is 46.7 Å². The summed E-state index contributed by atoms with van der Waals surface area (Å²) < 4.78 is 2.18. The van der Waals surface area contributed by atoms with Crippen LogP contribution in [0.5, 0.6) is 0 Å². The maximum absolute atomic E-state index is 12.8. The monoisotopic (exact) mass is 516 g/mol. The number of benzene rings is 1. The molecule has 1 aliphatic rings. The maximum atomic E-state index is 12.8. The Kier molecular flexibility index (Phi) is 6.84. The molecule has 1 amide bonds. The minimum atomic E-state index is -0.135. The molecule has 0 spiro atoms. The molecule has 9 heteroatoms. The van der Waals surface area contributed by atoms with Crippen LogP contribution in [-0.4, -0.2) is 37.0 Å². The van der Waals surface area contributed by atoms with E-state index in [9.17, 15) is 4.79 Å². The molecule has 1 saturated heterocycles. The maximum Gasteiger partial charge on any atom is 0.226 e. The van der Waals surface area contributed by atoms with E-state index in [-0.39, 0.29) is 18.0 Å². The van der Waals surface area contributed by atoms with Gasteiger partial charge in [-0.25, -0.2) is 4.98 Å². The first kappa shape index (κ1) is 24.1. The lowest BCUT2D eigenvalue weighted by Crippen LogP contribution is -2.32. The summed E-state index contributed by atoms with van der Waals surface area (Å²) in [6, 6.07) is 15.7. The summed E-state index contributed by atoms with van der Waals surface area (Å²) in [4.78, 5) is 24.1. The van der Waals surface area contributed by atoms with Gasteiger partial charge in [0.15, 0.2) is 10.2 Å². The third-order valence-corrected chi connectivity index (χ3v) is 7.62. The molecule has 5 rings (SSSR count). The molecule has 0 saturated carbocycles. The lowest BCUT2D eigenvalue weighted by Gasteiger charge is -2.28. The Morgan fingerprint density at radius 1 is 1.11 bits per heavy atom. The fourth-order valence-electron chi connectivity index (χ4n) is 4.77. The van der Waals surface area contributed by atoms with Crippen molar-refractivity contribution in [3.63, 3.8) is 0 Å². The van der Waals surface area contributed by atoms with Crippen molar-refractivity contribution in [1.82, 2.24) is 24.8 Å². The van der Waals surface area contributed by atoms with Crippen molar-refractivity contribution < 1.29 is 4.79 Å². The minimum Gasteiger partial charge on any atom is -0.352 e. The van der Waals surface area contributed by atoms with Crippen LogP contribution >= 0.6 is 23.6 Å². The standard InChI is InChI=1S/C27H28N6OS2/c1-17-7-9-20(10-8-17)30-23(34)11-14-32-25(24(31-26(32)35)22-6-4-5-12-28-22)21-16-18(2)33(19(21)3)27-29-13-15-36-27/h4-10,12-13,15-16,24-25H,11,14H2,1-3H3,(H,30,34)(H,31,35)/t24-,25-/m1/s1. The summed E-state index contributed by atoms with van der Waals surface area (Å²) in [5.41, 5.74) is 6.21. The van der Waals surface area contributed by atoms with E-state index in [1.807, 2.05) is 61.0 Å². The highest BCUT2D eigenvalue weighted by Gasteiger charge is 2.41. The summed E-state index contributed by atoms with van der Waals surface area (Å²) in [6.45, 7) is 6.71. The molecule has 2 atom stereocenters. The van der Waals surface area contributed by atoms with E-state index in [0.29, 0.717) is 18.1 Å². The first-order valence-corrected chi connectivity index (χ1v) is 13.1. The predicted molar refractivity (Wildman–Crippen MR) is 147 cm³/mol. The highest BCUT2D eigenvalue weighted by Crippen LogP contribution is 2.41. The number of anilines is 1. The van der Waals surface area contributed by atoms with Crippen LogP contribution in [-0.2, 0) is 4.79 Å². The van der Waals surface area contributed by atoms with Crippen molar-refractivity contribution in [1.29, 1.82) is 0 Å². The summed E-state index contributed by atoms with van der Waals surface area (Å²) in [6.07, 6.45) is 3.93. The Balaban J connectivity index is 1.44. The number of carbonyl (C=O) groups excluding carboxylic acids is 1. The van der Waals surface area contributed by atoms with Gasteiger partial charge in [-0.2, -0.15) is 0 Å². The quantitative estimate of drug-likeness (QED) is 0.327. The first-order chi connectivity index (χ1) is 17.4. The highest BCUT2D eigenvalue weighted by atomic mass is 32.1. The van der Waals surface area contributed by atoms with E-state index in [4.69, 9.17) is 12.2 Å². The van der Waals surface area contributed by atoms with Crippen LogP contribution in [0.4, 0.5) is 5.69 Å². The van der Waals surface area contributed by atoms with Crippen LogP contribution in [0.15, 0.2) is 66.3 Å². The Bertz CT molecular complexity index is 1370. The number of rotatable bonds is 7. The van der Waals surface area contributed by atoms with Gasteiger partial charge in [-0.15, -0.1) is 11.3 Å². The van der Waals surface area contributed by atoms with Crippen molar-refractivity contribution in [2.45, 2.75) is 39.3 Å². The molecule has 0 aliphatic carbocycles. The number of aryl methyl sites for hydroxylation is 2. The van der Waals surface area contributed by atoms with E-state index in [1.165, 1.54) is 0 Å². The third kappa shape index (κ3) is 4.76. The molecule has 3 aromatic heterocycles. The van der Waals surface area contributed by atoms with E-state index in [1.54, 1.807) is 17.5 Å². The lowest BCUT2D eigenvalue weighted by molar-refractivity contribution is -0.116. The van der Waals surface area contributed by atoms with Gasteiger partial charge in [0.2, 0.25) is 5.91 Å². The molecule has 7 nitrogen and oxygen atoms in total. The predicted octanol–water partition coefficient (Wildman–Crippen LogP) is 5.26. The van der Waals surface area contributed by atoms with Crippen molar-refractivity contribution in [2.75, 3.05) is 11.9 Å². The lowest BCUT2D eigenvalue weighted by atomic mass is 9.96. The van der Waals surface area contributed by atoms with E-state index >= 15 is 0 Å². The van der Waals surface area contributed by atoms with E-state index in [2.05, 4.69) is 50.0 Å². The van der Waals surface area contributed by atoms with E-state index in [0.717, 1.165) is 39.0 Å². The van der Waals surface area contributed by atoms with Crippen LogP contribution in [0.25, 0.3) is 5.13 Å². The van der Waals surface area contributed by atoms with Gasteiger partial charge in [0.1, 0.15) is 0 Å². The minimum absolute atomic E-state index is 0.0463. The topological polar surface area (TPSA) is 75.1 Å². The Labute approximate surface area is 220 Å². The zero-order valence-corrected chi connectivity index (χ0v) is 22.1. The molecule has 4 aromatic rings. The number of aromatic nitrogens is 3. The molecule has 1 aliphatic heterocycles. The van der Waals surface area contributed by atoms with Crippen LogP contribution in [0.2, 0.25) is 0 Å². The Morgan fingerprint density at radius 2 is 1.92 bits per heavy atom. The zero-order chi connectivity index (χ0) is 25.2. The largest absolute Gasteiger partial charge is 0.352 e. The fraction of sp³-hybridized carbons (Fsp3) is 0.259. The number of nitrogens with zero attached hydrogens (tertiary/aromatic N) is 4. The molecule has 36 heavy (non-hydrogen) atoms. The summed E-state index contributed by atoms with van der Waals surface area (Å²) in [7, 11) is 0. The van der Waals surface area contributed by atoms with Crippen LogP contribution < -0.4 is 10.6 Å². The SMILES string of the molecule is Cc1ccc(NC(=O)CCN2C(=S)N[C@H](c3ccccn3)[C@H]2c2cc(C)n(-c3nccs3)c2C)cc1. The number of hydrogen-bond donors (Lipinski definition) is 2. The Hall–Kier alpha value is -3.56. The third-order valence-electron chi connectivity index (χ3n) is 6.51. The van der Waals surface area contributed by atoms with Gasteiger partial charge in [0.25, 0.3) is 0 Å². The number of hydrogen-bond acceptors (Lipinski definition) is 5. The number of carbonyl (C=O) groups is 1. The zero-order valence-electron chi connectivity index (χ0n) is 20.4. The first-order valence-electron chi connectivity index (χ1n) is 11.9. The van der Waals surface area contributed by atoms with Gasteiger partial charge in [0.05, 0.1) is 17.8 Å². The number of amides is 1. The molecule has 4 heterocycles. The second-order valence-corrected chi connectivity index (χ2v) is 10.2. The molecule has 0 unspecified atom stereocenters. The number of nitrogens with one attached hydrogen (secondary N) is 2. The van der Waals surface area contributed by atoms with Gasteiger partial charge in [-0.3, -0.25) is 14.3 Å². The van der Waals surface area contributed by atoms with E-state index < -0.39 is 0 Å². The highest BCUT2D eigenvalue weighted by molar-refractivity contribution is 7.80. The van der Waals surface area contributed by atoms with Gasteiger partial charge in [-0.1, -0.05) is 23.8 Å². The van der Waals surface area contributed by atoms with Gasteiger partial charge in [-0.05, 0) is 68.9 Å². The summed E-state index contributed by atoms with van der Waals surface area (Å²) >= 11 is 7.40. The normalized spacial score (nSPS) is 17.3. The fourth-order valence-corrected chi connectivity index (χ4v) is 5.86. The van der Waals surface area contributed by atoms with Gasteiger partial charge >= 0.3 is 0 Å². The van der Waals surface area contributed by atoms with Crippen LogP contribution in [0.3, 0.4) is 0 Å². The van der Waals surface area contributed by atoms with Crippen molar-refractivity contribution in [2.24, 2.45) is 0 Å². The summed E-state index contributed by atoms with van der Waals surface area (Å²) in [5.74, 6) is -0.0463. The van der Waals surface area contributed by atoms with Gasteiger partial charge in [0, 0.05) is 47.8 Å². The van der Waals surface area contributed by atoms with Crippen molar-refractivity contribution in [3.8, 4) is 5.13 Å².